The first-order valence-corrected chi connectivity index (χ1v) is 8.98. The number of benzene rings is 2. The fraction of sp³-hybridized carbons (Fsp3) is 0.300. The van der Waals surface area contributed by atoms with Gasteiger partial charge >= 0.3 is 0 Å². The van der Waals surface area contributed by atoms with Gasteiger partial charge in [-0.1, -0.05) is 25.1 Å². The Morgan fingerprint density at radius 1 is 1.14 bits per heavy atom. The van der Waals surface area contributed by atoms with Crippen LogP contribution < -0.4 is 10.6 Å². The van der Waals surface area contributed by atoms with E-state index in [1.807, 2.05) is 32.0 Å². The van der Waals surface area contributed by atoms with Crippen LogP contribution in [0.1, 0.15) is 29.3 Å². The normalized spacial score (nSPS) is 10.2. The molecule has 8 heteroatoms. The lowest BCUT2D eigenvalue weighted by Crippen LogP contribution is -2.38. The number of nitro benzene ring substituents is 1. The number of carbonyl (C=O) groups is 2. The van der Waals surface area contributed by atoms with E-state index in [0.29, 0.717) is 24.3 Å². The number of carbonyl (C=O) groups excluding carboxylic acids is 2. The maximum atomic E-state index is 12.9. The van der Waals surface area contributed by atoms with E-state index in [9.17, 15) is 19.7 Å². The maximum absolute atomic E-state index is 12.9. The molecule has 0 bridgehead atoms. The average molecular weight is 384 g/mol. The molecule has 0 spiro atoms. The smallest absolute Gasteiger partial charge is 0.293 e. The summed E-state index contributed by atoms with van der Waals surface area (Å²) in [6.45, 7) is 4.00. The molecular formula is C20H24N4O4. The molecule has 0 aliphatic carbocycles. The summed E-state index contributed by atoms with van der Waals surface area (Å²) in [5.41, 5.74) is 1.91. The van der Waals surface area contributed by atoms with Crippen LogP contribution in [0.5, 0.6) is 0 Å². The van der Waals surface area contributed by atoms with E-state index in [2.05, 4.69) is 10.6 Å². The minimum atomic E-state index is -0.544. The molecule has 148 valence electrons. The average Bonchev–Trinajstić information content (AvgIpc) is 2.68. The number of amides is 2. The highest BCUT2D eigenvalue weighted by Crippen LogP contribution is 2.25. The van der Waals surface area contributed by atoms with Crippen molar-refractivity contribution >= 4 is 28.9 Å². The Morgan fingerprint density at radius 2 is 1.86 bits per heavy atom. The van der Waals surface area contributed by atoms with Crippen LogP contribution in [0.25, 0.3) is 0 Å². The summed E-state index contributed by atoms with van der Waals surface area (Å²) in [6.07, 6.45) is 0.653. The SMILES string of the molecule is CCCN(CC(=O)Nc1ccccc1C)C(=O)c1ccc(NC)c([N+](=O)[O-])c1. The van der Waals surface area contributed by atoms with Crippen molar-refractivity contribution in [1.82, 2.24) is 4.90 Å². The summed E-state index contributed by atoms with van der Waals surface area (Å²) in [4.78, 5) is 37.4. The van der Waals surface area contributed by atoms with Crippen LogP contribution >= 0.6 is 0 Å². The maximum Gasteiger partial charge on any atom is 0.293 e. The number of hydrogen-bond acceptors (Lipinski definition) is 5. The Morgan fingerprint density at radius 3 is 2.46 bits per heavy atom. The van der Waals surface area contributed by atoms with Crippen molar-refractivity contribution in [2.75, 3.05) is 30.8 Å². The van der Waals surface area contributed by atoms with Crippen molar-refractivity contribution < 1.29 is 14.5 Å². The van der Waals surface area contributed by atoms with Crippen molar-refractivity contribution in [2.45, 2.75) is 20.3 Å². The van der Waals surface area contributed by atoms with Gasteiger partial charge in [-0.3, -0.25) is 19.7 Å². The fourth-order valence-electron chi connectivity index (χ4n) is 2.81. The van der Waals surface area contributed by atoms with Crippen LogP contribution in [0, 0.1) is 17.0 Å². The summed E-state index contributed by atoms with van der Waals surface area (Å²) in [5, 5.41) is 16.8. The monoisotopic (exact) mass is 384 g/mol. The molecule has 2 N–H and O–H groups in total. The van der Waals surface area contributed by atoms with Crippen LogP contribution in [-0.4, -0.2) is 41.8 Å². The van der Waals surface area contributed by atoms with Gasteiger partial charge in [0.15, 0.2) is 0 Å². The molecule has 0 unspecified atom stereocenters. The van der Waals surface area contributed by atoms with Crippen LogP contribution in [0.15, 0.2) is 42.5 Å². The Balaban J connectivity index is 2.20. The van der Waals surface area contributed by atoms with Gasteiger partial charge in [-0.2, -0.15) is 0 Å². The standard InChI is InChI=1S/C20H24N4O4/c1-4-11-23(13-19(25)22-16-8-6-5-7-14(16)2)20(26)15-9-10-17(21-3)18(12-15)24(27)28/h5-10,12,21H,4,11,13H2,1-3H3,(H,22,25). The molecule has 8 nitrogen and oxygen atoms in total. The highest BCUT2D eigenvalue weighted by Gasteiger charge is 2.22. The molecule has 0 heterocycles. The fourth-order valence-corrected chi connectivity index (χ4v) is 2.81. The molecule has 0 fully saturated rings. The topological polar surface area (TPSA) is 105 Å². The van der Waals surface area contributed by atoms with Crippen molar-refractivity contribution in [2.24, 2.45) is 0 Å². The Bertz CT molecular complexity index is 882. The zero-order valence-electron chi connectivity index (χ0n) is 16.2. The van der Waals surface area contributed by atoms with Crippen molar-refractivity contribution in [1.29, 1.82) is 0 Å². The van der Waals surface area contributed by atoms with Gasteiger partial charge in [-0.25, -0.2) is 0 Å². The van der Waals surface area contributed by atoms with E-state index in [4.69, 9.17) is 0 Å². The highest BCUT2D eigenvalue weighted by atomic mass is 16.6. The lowest BCUT2D eigenvalue weighted by Gasteiger charge is -2.22. The lowest BCUT2D eigenvalue weighted by molar-refractivity contribution is -0.384. The van der Waals surface area contributed by atoms with E-state index in [1.165, 1.54) is 23.1 Å². The summed E-state index contributed by atoms with van der Waals surface area (Å²) in [7, 11) is 1.57. The summed E-state index contributed by atoms with van der Waals surface area (Å²) in [5.74, 6) is -0.745. The Hall–Kier alpha value is -3.42. The molecule has 2 aromatic rings. The van der Waals surface area contributed by atoms with E-state index >= 15 is 0 Å². The molecule has 0 aliphatic rings. The van der Waals surface area contributed by atoms with E-state index < -0.39 is 10.8 Å². The van der Waals surface area contributed by atoms with Gasteiger partial charge in [-0.15, -0.1) is 0 Å². The zero-order chi connectivity index (χ0) is 20.7. The van der Waals surface area contributed by atoms with Gasteiger partial charge in [0, 0.05) is 30.9 Å². The minimum Gasteiger partial charge on any atom is -0.383 e. The van der Waals surface area contributed by atoms with E-state index in [-0.39, 0.29) is 23.7 Å². The van der Waals surface area contributed by atoms with Crippen LogP contribution in [0.2, 0.25) is 0 Å². The van der Waals surface area contributed by atoms with Gasteiger partial charge in [0.25, 0.3) is 11.6 Å². The number of nitrogens with one attached hydrogen (secondary N) is 2. The molecule has 0 atom stereocenters. The molecular weight excluding hydrogens is 360 g/mol. The first kappa shape index (κ1) is 20.9. The Kier molecular flexibility index (Phi) is 7.08. The van der Waals surface area contributed by atoms with Crippen molar-refractivity contribution in [3.05, 3.63) is 63.7 Å². The number of para-hydroxylation sites is 1. The molecule has 0 saturated heterocycles. The molecule has 0 radical (unpaired) electrons. The van der Waals surface area contributed by atoms with Gasteiger partial charge in [0.2, 0.25) is 5.91 Å². The second-order valence-electron chi connectivity index (χ2n) is 6.33. The first-order valence-electron chi connectivity index (χ1n) is 8.98. The number of hydrogen-bond donors (Lipinski definition) is 2. The summed E-state index contributed by atoms with van der Waals surface area (Å²) in [6, 6.07) is 11.6. The zero-order valence-corrected chi connectivity index (χ0v) is 16.2. The van der Waals surface area contributed by atoms with E-state index in [1.54, 1.807) is 13.1 Å². The quantitative estimate of drug-likeness (QED) is 0.536. The predicted molar refractivity (Wildman–Crippen MR) is 109 cm³/mol. The van der Waals surface area contributed by atoms with Crippen LogP contribution in [0.3, 0.4) is 0 Å². The molecule has 0 aromatic heterocycles. The van der Waals surface area contributed by atoms with Crippen LogP contribution in [-0.2, 0) is 4.79 Å². The van der Waals surface area contributed by atoms with Gasteiger partial charge < -0.3 is 15.5 Å². The Labute approximate surface area is 163 Å². The molecule has 2 rings (SSSR count). The second kappa shape index (κ2) is 9.50. The second-order valence-corrected chi connectivity index (χ2v) is 6.33. The van der Waals surface area contributed by atoms with Crippen molar-refractivity contribution in [3.8, 4) is 0 Å². The number of rotatable bonds is 8. The number of anilines is 2. The molecule has 0 aliphatic heterocycles. The minimum absolute atomic E-state index is 0.136. The summed E-state index contributed by atoms with van der Waals surface area (Å²) >= 11 is 0. The third-order valence-corrected chi connectivity index (χ3v) is 4.25. The molecule has 2 aromatic carbocycles. The van der Waals surface area contributed by atoms with Gasteiger partial charge in [0.1, 0.15) is 12.2 Å². The first-order chi connectivity index (χ1) is 13.4. The number of nitro groups is 1. The largest absolute Gasteiger partial charge is 0.383 e. The van der Waals surface area contributed by atoms with Crippen LogP contribution in [0.4, 0.5) is 17.1 Å². The van der Waals surface area contributed by atoms with Crippen molar-refractivity contribution in [3.63, 3.8) is 0 Å². The van der Waals surface area contributed by atoms with E-state index in [0.717, 1.165) is 5.56 Å². The predicted octanol–water partition coefficient (Wildman–Crippen LogP) is 3.44. The number of nitrogens with zero attached hydrogens (tertiary/aromatic N) is 2. The lowest BCUT2D eigenvalue weighted by atomic mass is 10.1. The number of aryl methyl sites for hydroxylation is 1. The third kappa shape index (κ3) is 5.06. The highest BCUT2D eigenvalue weighted by molar-refractivity contribution is 6.00. The molecule has 0 saturated carbocycles. The van der Waals surface area contributed by atoms with Gasteiger partial charge in [-0.05, 0) is 37.1 Å². The third-order valence-electron chi connectivity index (χ3n) is 4.25. The molecule has 2 amide bonds. The molecule has 28 heavy (non-hydrogen) atoms. The summed E-state index contributed by atoms with van der Waals surface area (Å²) < 4.78 is 0. The van der Waals surface area contributed by atoms with Gasteiger partial charge in [0.05, 0.1) is 4.92 Å².